The summed E-state index contributed by atoms with van der Waals surface area (Å²) in [6.45, 7) is 2.22. The van der Waals surface area contributed by atoms with Crippen molar-refractivity contribution in [2.45, 2.75) is 38.5 Å². The fourth-order valence-electron chi connectivity index (χ4n) is 2.80. The maximum Gasteiger partial charge on any atom is 0.268 e. The lowest BCUT2D eigenvalue weighted by Crippen LogP contribution is -2.56. The molecule has 0 aliphatic rings. The van der Waals surface area contributed by atoms with Crippen LogP contribution >= 0.6 is 0 Å². The molecule has 0 aromatic heterocycles. The van der Waals surface area contributed by atoms with Gasteiger partial charge in [-0.25, -0.2) is 8.78 Å². The maximum absolute atomic E-state index is 13.1. The number of carbonyl (C=O) groups is 1. The van der Waals surface area contributed by atoms with Gasteiger partial charge in [0.2, 0.25) is 0 Å². The summed E-state index contributed by atoms with van der Waals surface area (Å²) in [4.78, 5) is 11.7. The number of ether oxygens (including phenoxy) is 1. The molecule has 0 aliphatic heterocycles. The second-order valence-electron chi connectivity index (χ2n) is 6.34. The highest BCUT2D eigenvalue weighted by Gasteiger charge is 2.43. The summed E-state index contributed by atoms with van der Waals surface area (Å²) < 4.78 is 31.5. The van der Waals surface area contributed by atoms with Crippen LogP contribution in [0, 0.1) is 0 Å². The molecule has 0 spiro atoms. The largest absolute Gasteiger partial charge is 0.496 e. The second-order valence-corrected chi connectivity index (χ2v) is 6.34. The van der Waals surface area contributed by atoms with E-state index >= 15 is 0 Å². The van der Waals surface area contributed by atoms with Gasteiger partial charge in [-0.2, -0.15) is 0 Å². The molecule has 0 saturated heterocycles. The Labute approximate surface area is 151 Å². The van der Waals surface area contributed by atoms with Crippen molar-refractivity contribution in [2.75, 3.05) is 7.11 Å². The zero-order valence-corrected chi connectivity index (χ0v) is 15.0. The molecule has 2 aromatic carbocycles. The van der Waals surface area contributed by atoms with Crippen molar-refractivity contribution in [1.82, 2.24) is 5.32 Å². The van der Waals surface area contributed by atoms with Gasteiger partial charge in [-0.3, -0.25) is 4.79 Å². The molecular formula is C20H23F2NO3. The number of nitrogens with one attached hydrogen (secondary N) is 1. The summed E-state index contributed by atoms with van der Waals surface area (Å²) in [6.07, 6.45) is -3.05. The van der Waals surface area contributed by atoms with Gasteiger partial charge in [0.1, 0.15) is 23.2 Å². The lowest BCUT2D eigenvalue weighted by atomic mass is 9.93. The van der Waals surface area contributed by atoms with Crippen LogP contribution in [0.1, 0.15) is 19.4 Å². The number of benzene rings is 2. The number of methoxy groups -OCH3 is 1. The lowest BCUT2D eigenvalue weighted by molar-refractivity contribution is -0.139. The normalized spacial score (nSPS) is 14.7. The summed E-state index contributed by atoms with van der Waals surface area (Å²) in [7, 11) is 1.52. The van der Waals surface area contributed by atoms with E-state index in [1.807, 2.05) is 48.5 Å². The first-order valence-electron chi connectivity index (χ1n) is 8.24. The highest BCUT2D eigenvalue weighted by atomic mass is 19.3. The van der Waals surface area contributed by atoms with Gasteiger partial charge in [0, 0.05) is 12.1 Å². The lowest BCUT2D eigenvalue weighted by Gasteiger charge is -2.31. The Kier molecular flexibility index (Phi) is 6.45. The average molecular weight is 363 g/mol. The van der Waals surface area contributed by atoms with Crippen LogP contribution in [0.4, 0.5) is 8.78 Å². The van der Waals surface area contributed by atoms with Gasteiger partial charge in [-0.1, -0.05) is 42.5 Å². The molecule has 4 nitrogen and oxygen atoms in total. The van der Waals surface area contributed by atoms with Crippen molar-refractivity contribution < 1.29 is 23.4 Å². The molecule has 0 fully saturated rings. The Hall–Kier alpha value is -2.31. The van der Waals surface area contributed by atoms with E-state index in [4.69, 9.17) is 4.74 Å². The zero-order chi connectivity index (χ0) is 19.3. The van der Waals surface area contributed by atoms with Crippen molar-refractivity contribution >= 4 is 5.78 Å². The summed E-state index contributed by atoms with van der Waals surface area (Å²) in [5.41, 5.74) is 0.216. The van der Waals surface area contributed by atoms with E-state index in [-0.39, 0.29) is 6.54 Å². The third-order valence-electron chi connectivity index (χ3n) is 4.32. The van der Waals surface area contributed by atoms with E-state index < -0.39 is 23.9 Å². The SMILES string of the molecule is COc1cc(-c2ccccc2)ccc1CN[C@H](C(C)=O)[C@](C)(O)C(F)F. The van der Waals surface area contributed by atoms with Crippen LogP contribution in [0.15, 0.2) is 48.5 Å². The van der Waals surface area contributed by atoms with Crippen LogP contribution in [0.5, 0.6) is 5.75 Å². The molecule has 2 N–H and O–H groups in total. The fraction of sp³-hybridized carbons (Fsp3) is 0.350. The number of ketones is 1. The van der Waals surface area contributed by atoms with Crippen LogP contribution < -0.4 is 10.1 Å². The standard InChI is InChI=1S/C20H23F2NO3/c1-13(24)18(20(2,25)19(21)22)23-12-16-10-9-15(11-17(16)26-3)14-7-5-4-6-8-14/h4-11,18-19,23,25H,12H2,1-3H3/t18-,20+/m1/s1. The van der Waals surface area contributed by atoms with Crippen LogP contribution in [0.2, 0.25) is 0 Å². The number of hydrogen-bond acceptors (Lipinski definition) is 4. The number of rotatable bonds is 8. The number of carbonyl (C=O) groups excluding carboxylic acids is 1. The second kappa shape index (κ2) is 8.38. The van der Waals surface area contributed by atoms with Gasteiger partial charge in [-0.05, 0) is 31.0 Å². The Morgan fingerprint density at radius 3 is 2.38 bits per heavy atom. The summed E-state index contributed by atoms with van der Waals surface area (Å²) >= 11 is 0. The number of halogens is 2. The van der Waals surface area contributed by atoms with Crippen molar-refractivity contribution in [3.05, 3.63) is 54.1 Å². The molecule has 2 aromatic rings. The van der Waals surface area contributed by atoms with Crippen LogP contribution in [0.25, 0.3) is 11.1 Å². The van der Waals surface area contributed by atoms with Crippen molar-refractivity contribution in [3.8, 4) is 16.9 Å². The van der Waals surface area contributed by atoms with Gasteiger partial charge < -0.3 is 15.2 Å². The van der Waals surface area contributed by atoms with Crippen molar-refractivity contribution in [1.29, 1.82) is 0 Å². The van der Waals surface area contributed by atoms with Gasteiger partial charge in [0.15, 0.2) is 0 Å². The van der Waals surface area contributed by atoms with Gasteiger partial charge in [0.05, 0.1) is 7.11 Å². The highest BCUT2D eigenvalue weighted by Crippen LogP contribution is 2.28. The molecule has 140 valence electrons. The fourth-order valence-corrected chi connectivity index (χ4v) is 2.80. The van der Waals surface area contributed by atoms with E-state index in [1.165, 1.54) is 14.0 Å². The quantitative estimate of drug-likeness (QED) is 0.754. The maximum atomic E-state index is 13.1. The van der Waals surface area contributed by atoms with Crippen LogP contribution in [0.3, 0.4) is 0 Å². The van der Waals surface area contributed by atoms with Gasteiger partial charge in [0.25, 0.3) is 6.43 Å². The minimum atomic E-state index is -3.05. The molecule has 0 amide bonds. The van der Waals surface area contributed by atoms with E-state index in [9.17, 15) is 18.7 Å². The van der Waals surface area contributed by atoms with Gasteiger partial charge >= 0.3 is 0 Å². The van der Waals surface area contributed by atoms with E-state index in [0.717, 1.165) is 18.1 Å². The first-order valence-corrected chi connectivity index (χ1v) is 8.24. The van der Waals surface area contributed by atoms with Gasteiger partial charge in [-0.15, -0.1) is 0 Å². The van der Waals surface area contributed by atoms with Crippen LogP contribution in [-0.2, 0) is 11.3 Å². The van der Waals surface area contributed by atoms with E-state index in [2.05, 4.69) is 5.32 Å². The van der Waals surface area contributed by atoms with Crippen molar-refractivity contribution in [2.24, 2.45) is 0 Å². The molecule has 2 rings (SSSR count). The molecular weight excluding hydrogens is 340 g/mol. The molecule has 2 atom stereocenters. The molecule has 26 heavy (non-hydrogen) atoms. The first-order chi connectivity index (χ1) is 12.3. The van der Waals surface area contributed by atoms with E-state index in [1.54, 1.807) is 0 Å². The number of hydrogen-bond donors (Lipinski definition) is 2. The average Bonchev–Trinajstić information content (AvgIpc) is 2.62. The Morgan fingerprint density at radius 1 is 1.19 bits per heavy atom. The minimum absolute atomic E-state index is 0.103. The molecule has 0 aliphatic carbocycles. The Bertz CT molecular complexity index is 748. The number of aliphatic hydroxyl groups is 1. The third-order valence-corrected chi connectivity index (χ3v) is 4.32. The van der Waals surface area contributed by atoms with Crippen molar-refractivity contribution in [3.63, 3.8) is 0 Å². The molecule has 0 bridgehead atoms. The number of alkyl halides is 2. The third kappa shape index (κ3) is 4.45. The van der Waals surface area contributed by atoms with Crippen LogP contribution in [-0.4, -0.2) is 36.1 Å². The highest BCUT2D eigenvalue weighted by molar-refractivity contribution is 5.83. The minimum Gasteiger partial charge on any atom is -0.496 e. The Morgan fingerprint density at radius 2 is 1.85 bits per heavy atom. The summed E-state index contributed by atoms with van der Waals surface area (Å²) in [5, 5.41) is 12.7. The Balaban J connectivity index is 2.22. The summed E-state index contributed by atoms with van der Waals surface area (Å²) in [6, 6.07) is 13.9. The molecule has 0 saturated carbocycles. The molecule has 0 radical (unpaired) electrons. The predicted molar refractivity (Wildman–Crippen MR) is 96.4 cm³/mol. The zero-order valence-electron chi connectivity index (χ0n) is 15.0. The molecule has 6 heteroatoms. The smallest absolute Gasteiger partial charge is 0.268 e. The molecule has 0 heterocycles. The van der Waals surface area contributed by atoms with E-state index in [0.29, 0.717) is 11.3 Å². The predicted octanol–water partition coefficient (Wildman–Crippen LogP) is 3.43. The number of Topliss-reactive ketones (excluding diaryl/α,β-unsaturated/α-hetero) is 1. The molecule has 0 unspecified atom stereocenters. The monoisotopic (exact) mass is 363 g/mol. The summed E-state index contributed by atoms with van der Waals surface area (Å²) in [5.74, 6) is 0.00742. The topological polar surface area (TPSA) is 58.6 Å². The first kappa shape index (κ1) is 20.0.